The van der Waals surface area contributed by atoms with Crippen molar-refractivity contribution < 1.29 is 22.7 Å². The summed E-state index contributed by atoms with van der Waals surface area (Å²) < 4.78 is 30.3. The molecule has 1 aromatic heterocycles. The largest absolute Gasteiger partial charge is 0.480 e. The van der Waals surface area contributed by atoms with Crippen molar-refractivity contribution in [2.75, 3.05) is 10.5 Å². The molecule has 8 nitrogen and oxygen atoms in total. The van der Waals surface area contributed by atoms with Crippen LogP contribution in [0.3, 0.4) is 0 Å². The monoisotopic (exact) mass is 297 g/mol. The first kappa shape index (κ1) is 14.0. The molecular formula is C11H11N3O5S. The molecule has 0 spiro atoms. The summed E-state index contributed by atoms with van der Waals surface area (Å²) in [6, 6.07) is 4.76. The number of nitrogens with zero attached hydrogens (tertiary/aromatic N) is 2. The molecule has 9 heteroatoms. The molecule has 0 aliphatic carbocycles. The highest BCUT2D eigenvalue weighted by Gasteiger charge is 2.17. The number of aromatic nitrogens is 2. The van der Waals surface area contributed by atoms with Crippen molar-refractivity contribution >= 4 is 21.7 Å². The standard InChI is InChI=1S/C11H11N3O5S/c1-7-4-8(11-13-12-6-19-11)2-3-9(7)14-20(17,18)5-10(15)16/h2-4,6,14H,5H2,1H3,(H,15,16). The van der Waals surface area contributed by atoms with Crippen LogP contribution in [0.25, 0.3) is 11.5 Å². The first-order chi connectivity index (χ1) is 9.37. The molecule has 0 saturated carbocycles. The number of benzene rings is 1. The summed E-state index contributed by atoms with van der Waals surface area (Å²) in [4.78, 5) is 10.5. The predicted molar refractivity (Wildman–Crippen MR) is 69.5 cm³/mol. The van der Waals surface area contributed by atoms with Gasteiger partial charge in [0.1, 0.15) is 0 Å². The smallest absolute Gasteiger partial charge is 0.320 e. The molecule has 0 aliphatic heterocycles. The Hall–Kier alpha value is -2.42. The first-order valence-corrected chi connectivity index (χ1v) is 7.12. The summed E-state index contributed by atoms with van der Waals surface area (Å²) >= 11 is 0. The summed E-state index contributed by atoms with van der Waals surface area (Å²) in [5.41, 5.74) is 1.55. The van der Waals surface area contributed by atoms with E-state index in [9.17, 15) is 13.2 Å². The number of carboxylic acid groups (broad SMARTS) is 1. The molecule has 1 heterocycles. The Kier molecular flexibility index (Phi) is 3.70. The molecule has 0 fully saturated rings. The van der Waals surface area contributed by atoms with Gasteiger partial charge in [0.15, 0.2) is 5.75 Å². The number of sulfonamides is 1. The molecule has 0 unspecified atom stereocenters. The third kappa shape index (κ3) is 3.32. The number of nitrogens with one attached hydrogen (secondary N) is 1. The van der Waals surface area contributed by atoms with Gasteiger partial charge in [-0.3, -0.25) is 9.52 Å². The fraction of sp³-hybridized carbons (Fsp3) is 0.182. The molecule has 2 rings (SSSR count). The van der Waals surface area contributed by atoms with Crippen LogP contribution < -0.4 is 4.72 Å². The van der Waals surface area contributed by atoms with Crippen molar-refractivity contribution in [3.63, 3.8) is 0 Å². The third-order valence-corrected chi connectivity index (χ3v) is 3.57. The van der Waals surface area contributed by atoms with E-state index in [0.717, 1.165) is 0 Å². The van der Waals surface area contributed by atoms with Crippen LogP contribution in [0, 0.1) is 6.92 Å². The van der Waals surface area contributed by atoms with Crippen LogP contribution in [0.2, 0.25) is 0 Å². The van der Waals surface area contributed by atoms with Crippen LogP contribution in [0.4, 0.5) is 5.69 Å². The number of aliphatic carboxylic acids is 1. The van der Waals surface area contributed by atoms with E-state index in [4.69, 9.17) is 9.52 Å². The summed E-state index contributed by atoms with van der Waals surface area (Å²) in [6.07, 6.45) is 1.19. The highest BCUT2D eigenvalue weighted by molar-refractivity contribution is 7.93. The Morgan fingerprint density at radius 2 is 2.20 bits per heavy atom. The molecule has 0 atom stereocenters. The average Bonchev–Trinajstić information content (AvgIpc) is 2.83. The van der Waals surface area contributed by atoms with E-state index < -0.39 is 21.7 Å². The summed E-state index contributed by atoms with van der Waals surface area (Å²) in [5, 5.41) is 15.8. The summed E-state index contributed by atoms with van der Waals surface area (Å²) in [5.74, 6) is -2.09. The topological polar surface area (TPSA) is 122 Å². The minimum atomic E-state index is -3.92. The van der Waals surface area contributed by atoms with Gasteiger partial charge in [0.2, 0.25) is 22.3 Å². The zero-order valence-electron chi connectivity index (χ0n) is 10.4. The molecule has 0 radical (unpaired) electrons. The maximum Gasteiger partial charge on any atom is 0.320 e. The van der Waals surface area contributed by atoms with Crippen molar-refractivity contribution in [2.45, 2.75) is 6.92 Å². The third-order valence-electron chi connectivity index (χ3n) is 2.41. The fourth-order valence-corrected chi connectivity index (χ4v) is 2.54. The number of carbonyl (C=O) groups is 1. The van der Waals surface area contributed by atoms with Gasteiger partial charge in [-0.25, -0.2) is 8.42 Å². The second-order valence-electron chi connectivity index (χ2n) is 4.03. The molecule has 0 saturated heterocycles. The van der Waals surface area contributed by atoms with E-state index in [1.165, 1.54) is 12.5 Å². The normalized spacial score (nSPS) is 11.2. The zero-order chi connectivity index (χ0) is 14.8. The van der Waals surface area contributed by atoms with E-state index >= 15 is 0 Å². The fourth-order valence-electron chi connectivity index (χ4n) is 1.58. The molecule has 106 valence electrons. The summed E-state index contributed by atoms with van der Waals surface area (Å²) in [6.45, 7) is 1.68. The van der Waals surface area contributed by atoms with Gasteiger partial charge in [-0.05, 0) is 30.7 Å². The van der Waals surface area contributed by atoms with Crippen molar-refractivity contribution in [1.82, 2.24) is 10.2 Å². The molecule has 2 aromatic rings. The first-order valence-electron chi connectivity index (χ1n) is 5.47. The van der Waals surface area contributed by atoms with Crippen LogP contribution in [-0.2, 0) is 14.8 Å². The quantitative estimate of drug-likeness (QED) is 0.839. The number of aryl methyl sites for hydroxylation is 1. The average molecular weight is 297 g/mol. The maximum atomic E-state index is 11.5. The lowest BCUT2D eigenvalue weighted by Gasteiger charge is -2.09. The molecular weight excluding hydrogens is 286 g/mol. The molecule has 0 aliphatic rings. The van der Waals surface area contributed by atoms with Crippen molar-refractivity contribution in [3.05, 3.63) is 30.2 Å². The molecule has 20 heavy (non-hydrogen) atoms. The van der Waals surface area contributed by atoms with Crippen molar-refractivity contribution in [1.29, 1.82) is 0 Å². The predicted octanol–water partition coefficient (Wildman–Crippen LogP) is 0.871. The van der Waals surface area contributed by atoms with Gasteiger partial charge >= 0.3 is 5.97 Å². The molecule has 2 N–H and O–H groups in total. The van der Waals surface area contributed by atoms with Gasteiger partial charge in [0, 0.05) is 5.56 Å². The molecule has 0 bridgehead atoms. The number of hydrogen-bond acceptors (Lipinski definition) is 6. The number of rotatable bonds is 5. The Bertz CT molecular complexity index is 725. The van der Waals surface area contributed by atoms with E-state index in [1.54, 1.807) is 19.1 Å². The second-order valence-corrected chi connectivity index (χ2v) is 5.75. The Balaban J connectivity index is 2.25. The summed E-state index contributed by atoms with van der Waals surface area (Å²) in [7, 11) is -3.92. The van der Waals surface area contributed by atoms with Crippen LogP contribution in [0.15, 0.2) is 29.0 Å². The maximum absolute atomic E-state index is 11.5. The van der Waals surface area contributed by atoms with Crippen molar-refractivity contribution in [3.8, 4) is 11.5 Å². The van der Waals surface area contributed by atoms with E-state index in [0.29, 0.717) is 22.7 Å². The van der Waals surface area contributed by atoms with Gasteiger partial charge in [0.05, 0.1) is 5.69 Å². The second kappa shape index (κ2) is 5.29. The highest BCUT2D eigenvalue weighted by Crippen LogP contribution is 2.23. The van der Waals surface area contributed by atoms with E-state index in [2.05, 4.69) is 14.9 Å². The van der Waals surface area contributed by atoms with Gasteiger partial charge in [-0.1, -0.05) is 0 Å². The van der Waals surface area contributed by atoms with Crippen LogP contribution >= 0.6 is 0 Å². The Morgan fingerprint density at radius 3 is 2.75 bits per heavy atom. The van der Waals surface area contributed by atoms with E-state index in [-0.39, 0.29) is 0 Å². The lowest BCUT2D eigenvalue weighted by Crippen LogP contribution is -2.22. The minimum Gasteiger partial charge on any atom is -0.480 e. The van der Waals surface area contributed by atoms with Gasteiger partial charge in [-0.15, -0.1) is 10.2 Å². The lowest BCUT2D eigenvalue weighted by atomic mass is 10.1. The van der Waals surface area contributed by atoms with Crippen molar-refractivity contribution in [2.24, 2.45) is 0 Å². The van der Waals surface area contributed by atoms with Gasteiger partial charge in [0.25, 0.3) is 0 Å². The Morgan fingerprint density at radius 1 is 1.45 bits per heavy atom. The Labute approximate surface area is 114 Å². The van der Waals surface area contributed by atoms with Gasteiger partial charge < -0.3 is 9.52 Å². The van der Waals surface area contributed by atoms with E-state index in [1.807, 2.05) is 0 Å². The number of anilines is 1. The number of hydrogen-bond donors (Lipinski definition) is 2. The zero-order valence-corrected chi connectivity index (χ0v) is 11.2. The van der Waals surface area contributed by atoms with Crippen LogP contribution in [0.5, 0.6) is 0 Å². The minimum absolute atomic E-state index is 0.300. The molecule has 1 aromatic carbocycles. The number of carboxylic acids is 1. The van der Waals surface area contributed by atoms with Crippen LogP contribution in [0.1, 0.15) is 5.56 Å². The molecule has 0 amide bonds. The van der Waals surface area contributed by atoms with Crippen LogP contribution in [-0.4, -0.2) is 35.4 Å². The lowest BCUT2D eigenvalue weighted by molar-refractivity contribution is -0.134. The SMILES string of the molecule is Cc1cc(-c2nnco2)ccc1NS(=O)(=O)CC(=O)O. The van der Waals surface area contributed by atoms with Gasteiger partial charge in [-0.2, -0.15) is 0 Å². The highest BCUT2D eigenvalue weighted by atomic mass is 32.2.